The van der Waals surface area contributed by atoms with E-state index < -0.39 is 0 Å². The molecule has 5 heteroatoms. The van der Waals surface area contributed by atoms with Gasteiger partial charge in [0, 0.05) is 5.69 Å². The van der Waals surface area contributed by atoms with Gasteiger partial charge in [-0.15, -0.1) is 0 Å². The topological polar surface area (TPSA) is 68.0 Å². The fourth-order valence-electron chi connectivity index (χ4n) is 1.68. The van der Waals surface area contributed by atoms with Gasteiger partial charge in [0.1, 0.15) is 5.15 Å². The molecule has 98 valence electrons. The molecule has 1 aromatic carbocycles. The molecule has 0 fully saturated rings. The van der Waals surface area contributed by atoms with Crippen molar-refractivity contribution in [3.63, 3.8) is 0 Å². The lowest BCUT2D eigenvalue weighted by Crippen LogP contribution is -2.19. The van der Waals surface area contributed by atoms with Gasteiger partial charge >= 0.3 is 0 Å². The molecule has 0 aliphatic heterocycles. The van der Waals surface area contributed by atoms with Gasteiger partial charge < -0.3 is 11.1 Å². The number of benzene rings is 1. The second kappa shape index (κ2) is 5.71. The minimum absolute atomic E-state index is 0.116. The van der Waals surface area contributed by atoms with Crippen LogP contribution >= 0.6 is 11.6 Å². The van der Waals surface area contributed by atoms with Crippen molar-refractivity contribution in [1.29, 1.82) is 0 Å². The third-order valence-electron chi connectivity index (χ3n) is 2.80. The van der Waals surface area contributed by atoms with Gasteiger partial charge in [0.25, 0.3) is 0 Å². The van der Waals surface area contributed by atoms with Crippen LogP contribution in [-0.2, 0) is 4.79 Å². The van der Waals surface area contributed by atoms with Crippen molar-refractivity contribution in [3.8, 4) is 0 Å². The summed E-state index contributed by atoms with van der Waals surface area (Å²) >= 11 is 5.69. The molecule has 1 atom stereocenters. The molecule has 2 rings (SSSR count). The minimum Gasteiger partial charge on any atom is -0.399 e. The highest BCUT2D eigenvalue weighted by atomic mass is 35.5. The van der Waals surface area contributed by atoms with E-state index in [1.165, 1.54) is 6.20 Å². The molecule has 1 aromatic heterocycles. The Bertz CT molecular complexity index is 583. The highest BCUT2D eigenvalue weighted by Crippen LogP contribution is 2.20. The molecule has 0 aliphatic rings. The monoisotopic (exact) mass is 275 g/mol. The van der Waals surface area contributed by atoms with Crippen molar-refractivity contribution in [3.05, 3.63) is 53.3 Å². The minimum atomic E-state index is -0.292. The van der Waals surface area contributed by atoms with Crippen LogP contribution in [0.4, 0.5) is 11.4 Å². The summed E-state index contributed by atoms with van der Waals surface area (Å²) in [6, 6.07) is 10.6. The quantitative estimate of drug-likeness (QED) is 0.668. The summed E-state index contributed by atoms with van der Waals surface area (Å²) in [7, 11) is 0. The smallest absolute Gasteiger partial charge is 0.231 e. The number of halogens is 1. The van der Waals surface area contributed by atoms with Crippen molar-refractivity contribution in [1.82, 2.24) is 4.98 Å². The summed E-state index contributed by atoms with van der Waals surface area (Å²) in [5, 5.41) is 3.18. The molecule has 0 radical (unpaired) electrons. The first-order valence-electron chi connectivity index (χ1n) is 5.84. The van der Waals surface area contributed by atoms with E-state index in [4.69, 9.17) is 17.3 Å². The zero-order chi connectivity index (χ0) is 13.8. The van der Waals surface area contributed by atoms with Crippen molar-refractivity contribution < 1.29 is 4.79 Å². The van der Waals surface area contributed by atoms with Gasteiger partial charge in [0.2, 0.25) is 5.91 Å². The molecule has 3 N–H and O–H groups in total. The summed E-state index contributed by atoms with van der Waals surface area (Å²) in [5.41, 5.74) is 7.84. The molecule has 0 saturated heterocycles. The summed E-state index contributed by atoms with van der Waals surface area (Å²) in [6.07, 6.45) is 1.52. The predicted molar refractivity (Wildman–Crippen MR) is 77.1 cm³/mol. The van der Waals surface area contributed by atoms with Crippen molar-refractivity contribution in [2.24, 2.45) is 0 Å². The Kier molecular flexibility index (Phi) is 4.02. The number of rotatable bonds is 3. The molecule has 0 aliphatic carbocycles. The lowest BCUT2D eigenvalue weighted by atomic mass is 10.00. The molecular weight excluding hydrogens is 262 g/mol. The molecular formula is C14H14ClN3O. The SMILES string of the molecule is CC(C(=O)Nc1ccc(Cl)nc1)c1cccc(N)c1. The number of amides is 1. The van der Waals surface area contributed by atoms with Gasteiger partial charge in [-0.05, 0) is 36.8 Å². The Balaban J connectivity index is 2.09. The molecule has 1 unspecified atom stereocenters. The highest BCUT2D eigenvalue weighted by molar-refractivity contribution is 6.29. The van der Waals surface area contributed by atoms with Crippen LogP contribution in [0.5, 0.6) is 0 Å². The van der Waals surface area contributed by atoms with Crippen LogP contribution in [-0.4, -0.2) is 10.9 Å². The number of pyridine rings is 1. The van der Waals surface area contributed by atoms with Crippen LogP contribution in [0.25, 0.3) is 0 Å². The number of hydrogen-bond acceptors (Lipinski definition) is 3. The average molecular weight is 276 g/mol. The van der Waals surface area contributed by atoms with Gasteiger partial charge in [0.15, 0.2) is 0 Å². The first-order chi connectivity index (χ1) is 9.06. The number of hydrogen-bond donors (Lipinski definition) is 2. The van der Waals surface area contributed by atoms with E-state index in [0.29, 0.717) is 16.5 Å². The summed E-state index contributed by atoms with van der Waals surface area (Å²) in [4.78, 5) is 16.0. The number of nitrogen functional groups attached to an aromatic ring is 1. The van der Waals surface area contributed by atoms with E-state index in [1.54, 1.807) is 24.3 Å². The van der Waals surface area contributed by atoms with E-state index in [0.717, 1.165) is 5.56 Å². The van der Waals surface area contributed by atoms with Crippen LogP contribution in [0, 0.1) is 0 Å². The van der Waals surface area contributed by atoms with Crippen molar-refractivity contribution in [2.45, 2.75) is 12.8 Å². The molecule has 0 bridgehead atoms. The number of anilines is 2. The van der Waals surface area contributed by atoms with Gasteiger partial charge in [-0.25, -0.2) is 4.98 Å². The third kappa shape index (κ3) is 3.45. The number of nitrogens with one attached hydrogen (secondary N) is 1. The zero-order valence-corrected chi connectivity index (χ0v) is 11.2. The van der Waals surface area contributed by atoms with Gasteiger partial charge in [-0.3, -0.25) is 4.79 Å². The van der Waals surface area contributed by atoms with Crippen LogP contribution in [0.15, 0.2) is 42.6 Å². The number of nitrogens with zero attached hydrogens (tertiary/aromatic N) is 1. The Hall–Kier alpha value is -2.07. The standard InChI is InChI=1S/C14H14ClN3O/c1-9(10-3-2-4-11(16)7-10)14(19)18-12-5-6-13(15)17-8-12/h2-9H,16H2,1H3,(H,18,19). The number of aromatic nitrogens is 1. The van der Waals surface area contributed by atoms with Crippen LogP contribution in [0.3, 0.4) is 0 Å². The molecule has 4 nitrogen and oxygen atoms in total. The zero-order valence-electron chi connectivity index (χ0n) is 10.4. The van der Waals surface area contributed by atoms with Crippen molar-refractivity contribution in [2.75, 3.05) is 11.1 Å². The Morgan fingerprint density at radius 1 is 1.37 bits per heavy atom. The maximum atomic E-state index is 12.1. The summed E-state index contributed by atoms with van der Waals surface area (Å²) in [6.45, 7) is 1.83. The number of carbonyl (C=O) groups is 1. The molecule has 2 aromatic rings. The first kappa shape index (κ1) is 13.4. The largest absolute Gasteiger partial charge is 0.399 e. The van der Waals surface area contributed by atoms with E-state index >= 15 is 0 Å². The van der Waals surface area contributed by atoms with Crippen LogP contribution in [0.2, 0.25) is 5.15 Å². The number of carbonyl (C=O) groups excluding carboxylic acids is 1. The second-order valence-corrected chi connectivity index (χ2v) is 4.64. The molecule has 1 amide bonds. The Labute approximate surface area is 116 Å². The van der Waals surface area contributed by atoms with Crippen molar-refractivity contribution >= 4 is 28.9 Å². The Morgan fingerprint density at radius 3 is 2.79 bits per heavy atom. The fraction of sp³-hybridized carbons (Fsp3) is 0.143. The molecule has 1 heterocycles. The van der Waals surface area contributed by atoms with Gasteiger partial charge in [-0.1, -0.05) is 23.7 Å². The average Bonchev–Trinajstić information content (AvgIpc) is 2.40. The summed E-state index contributed by atoms with van der Waals surface area (Å²) < 4.78 is 0. The van der Waals surface area contributed by atoms with Gasteiger partial charge in [-0.2, -0.15) is 0 Å². The fourth-order valence-corrected chi connectivity index (χ4v) is 1.79. The maximum absolute atomic E-state index is 12.1. The first-order valence-corrected chi connectivity index (χ1v) is 6.22. The maximum Gasteiger partial charge on any atom is 0.231 e. The number of nitrogens with two attached hydrogens (primary N) is 1. The van der Waals surface area contributed by atoms with Crippen LogP contribution in [0.1, 0.15) is 18.4 Å². The predicted octanol–water partition coefficient (Wildman–Crippen LogP) is 3.06. The van der Waals surface area contributed by atoms with Crippen LogP contribution < -0.4 is 11.1 Å². The van der Waals surface area contributed by atoms with E-state index in [1.807, 2.05) is 19.1 Å². The Morgan fingerprint density at radius 2 is 2.16 bits per heavy atom. The van der Waals surface area contributed by atoms with E-state index in [-0.39, 0.29) is 11.8 Å². The molecule has 0 saturated carbocycles. The third-order valence-corrected chi connectivity index (χ3v) is 3.02. The second-order valence-electron chi connectivity index (χ2n) is 4.25. The summed E-state index contributed by atoms with van der Waals surface area (Å²) in [5.74, 6) is -0.408. The van der Waals surface area contributed by atoms with E-state index in [9.17, 15) is 4.79 Å². The highest BCUT2D eigenvalue weighted by Gasteiger charge is 2.15. The lowest BCUT2D eigenvalue weighted by Gasteiger charge is -2.12. The normalized spacial score (nSPS) is 11.9. The molecule has 0 spiro atoms. The lowest BCUT2D eigenvalue weighted by molar-refractivity contribution is -0.117. The molecule has 19 heavy (non-hydrogen) atoms. The van der Waals surface area contributed by atoms with E-state index in [2.05, 4.69) is 10.3 Å². The van der Waals surface area contributed by atoms with Gasteiger partial charge in [0.05, 0.1) is 17.8 Å².